The van der Waals surface area contributed by atoms with Gasteiger partial charge in [0.15, 0.2) is 0 Å². The number of rotatable bonds is 4. The SMILES string of the molecule is OCC(/C=C\c1ccccc1)c1ccccc1. The minimum absolute atomic E-state index is 0.0661. The average molecular weight is 224 g/mol. The van der Waals surface area contributed by atoms with Crippen molar-refractivity contribution in [3.63, 3.8) is 0 Å². The molecule has 1 nitrogen and oxygen atoms in total. The fourth-order valence-corrected chi connectivity index (χ4v) is 1.77. The molecule has 1 heteroatoms. The fraction of sp³-hybridized carbons (Fsp3) is 0.125. The summed E-state index contributed by atoms with van der Waals surface area (Å²) in [5, 5.41) is 9.41. The third-order valence-corrected chi connectivity index (χ3v) is 2.74. The van der Waals surface area contributed by atoms with E-state index in [-0.39, 0.29) is 12.5 Å². The monoisotopic (exact) mass is 224 g/mol. The van der Waals surface area contributed by atoms with Gasteiger partial charge in [0.1, 0.15) is 0 Å². The smallest absolute Gasteiger partial charge is 0.0534 e. The van der Waals surface area contributed by atoms with Crippen LogP contribution in [0.4, 0.5) is 0 Å². The molecule has 86 valence electrons. The number of hydrogen-bond acceptors (Lipinski definition) is 1. The van der Waals surface area contributed by atoms with Crippen molar-refractivity contribution in [2.75, 3.05) is 6.61 Å². The van der Waals surface area contributed by atoms with Crippen molar-refractivity contribution in [2.45, 2.75) is 5.92 Å². The van der Waals surface area contributed by atoms with E-state index in [1.807, 2.05) is 60.7 Å². The molecule has 2 rings (SSSR count). The summed E-state index contributed by atoms with van der Waals surface area (Å²) in [5.74, 6) is 0.0661. The van der Waals surface area contributed by atoms with Gasteiger partial charge in [0.2, 0.25) is 0 Å². The van der Waals surface area contributed by atoms with Gasteiger partial charge >= 0.3 is 0 Å². The van der Waals surface area contributed by atoms with Crippen LogP contribution in [0.3, 0.4) is 0 Å². The fourth-order valence-electron chi connectivity index (χ4n) is 1.77. The molecule has 17 heavy (non-hydrogen) atoms. The van der Waals surface area contributed by atoms with Gasteiger partial charge in [0, 0.05) is 5.92 Å². The van der Waals surface area contributed by atoms with Crippen LogP contribution in [0.15, 0.2) is 66.7 Å². The third-order valence-electron chi connectivity index (χ3n) is 2.74. The van der Waals surface area contributed by atoms with E-state index in [9.17, 15) is 5.11 Å². The van der Waals surface area contributed by atoms with Crippen LogP contribution in [-0.4, -0.2) is 11.7 Å². The van der Waals surface area contributed by atoms with Crippen molar-refractivity contribution >= 4 is 6.08 Å². The Bertz CT molecular complexity index is 459. The molecule has 0 amide bonds. The highest BCUT2D eigenvalue weighted by molar-refractivity contribution is 5.50. The summed E-state index contributed by atoms with van der Waals surface area (Å²) < 4.78 is 0. The summed E-state index contributed by atoms with van der Waals surface area (Å²) >= 11 is 0. The molecule has 2 aromatic rings. The Balaban J connectivity index is 2.14. The molecule has 1 N–H and O–H groups in total. The molecule has 1 unspecified atom stereocenters. The lowest BCUT2D eigenvalue weighted by Crippen LogP contribution is -1.99. The quantitative estimate of drug-likeness (QED) is 0.843. The second-order valence-corrected chi connectivity index (χ2v) is 3.97. The molecular formula is C16H16O. The van der Waals surface area contributed by atoms with Gasteiger partial charge in [-0.3, -0.25) is 0 Å². The van der Waals surface area contributed by atoms with Crippen molar-refractivity contribution in [2.24, 2.45) is 0 Å². The molecule has 0 aromatic heterocycles. The lowest BCUT2D eigenvalue weighted by atomic mass is 9.99. The van der Waals surface area contributed by atoms with E-state index in [0.29, 0.717) is 0 Å². The van der Waals surface area contributed by atoms with Gasteiger partial charge in [-0.05, 0) is 11.1 Å². The summed E-state index contributed by atoms with van der Waals surface area (Å²) in [6.07, 6.45) is 4.10. The first-order valence-corrected chi connectivity index (χ1v) is 5.79. The first-order chi connectivity index (χ1) is 8.40. The zero-order valence-electron chi connectivity index (χ0n) is 9.66. The highest BCUT2D eigenvalue weighted by atomic mass is 16.3. The highest BCUT2D eigenvalue weighted by Crippen LogP contribution is 2.17. The van der Waals surface area contributed by atoms with Crippen LogP contribution >= 0.6 is 0 Å². The predicted molar refractivity (Wildman–Crippen MR) is 71.7 cm³/mol. The lowest BCUT2D eigenvalue weighted by Gasteiger charge is -2.09. The molecule has 0 bridgehead atoms. The normalized spacial score (nSPS) is 12.8. The molecule has 0 saturated carbocycles. The van der Waals surface area contributed by atoms with Gasteiger partial charge in [0.05, 0.1) is 6.61 Å². The first kappa shape index (κ1) is 11.6. The maximum Gasteiger partial charge on any atom is 0.0534 e. The van der Waals surface area contributed by atoms with Crippen LogP contribution in [0.1, 0.15) is 17.0 Å². The summed E-state index contributed by atoms with van der Waals surface area (Å²) in [6.45, 7) is 0.132. The topological polar surface area (TPSA) is 20.2 Å². The molecule has 1 atom stereocenters. The second-order valence-electron chi connectivity index (χ2n) is 3.97. The number of aliphatic hydroxyl groups excluding tert-OH is 1. The van der Waals surface area contributed by atoms with E-state index in [1.165, 1.54) is 0 Å². The Morgan fingerprint density at radius 3 is 2.06 bits per heavy atom. The minimum atomic E-state index is 0.0661. The maximum absolute atomic E-state index is 9.41. The predicted octanol–water partition coefficient (Wildman–Crippen LogP) is 3.48. The average Bonchev–Trinajstić information content (AvgIpc) is 2.42. The summed E-state index contributed by atoms with van der Waals surface area (Å²) in [6, 6.07) is 20.2. The molecule has 0 heterocycles. The van der Waals surface area contributed by atoms with Gasteiger partial charge in [-0.15, -0.1) is 0 Å². The van der Waals surface area contributed by atoms with Gasteiger partial charge in [-0.25, -0.2) is 0 Å². The molecular weight excluding hydrogens is 208 g/mol. The van der Waals surface area contributed by atoms with Gasteiger partial charge in [-0.1, -0.05) is 72.8 Å². The molecule has 2 aromatic carbocycles. The van der Waals surface area contributed by atoms with E-state index in [2.05, 4.69) is 12.1 Å². The van der Waals surface area contributed by atoms with Crippen LogP contribution in [0, 0.1) is 0 Å². The van der Waals surface area contributed by atoms with Gasteiger partial charge in [0.25, 0.3) is 0 Å². The number of aliphatic hydroxyl groups is 1. The van der Waals surface area contributed by atoms with Crippen molar-refractivity contribution in [3.8, 4) is 0 Å². The zero-order chi connectivity index (χ0) is 11.9. The molecule has 0 spiro atoms. The van der Waals surface area contributed by atoms with Crippen LogP contribution in [0.25, 0.3) is 6.08 Å². The molecule has 0 aliphatic carbocycles. The van der Waals surface area contributed by atoms with Crippen LogP contribution in [0.2, 0.25) is 0 Å². The number of benzene rings is 2. The maximum atomic E-state index is 9.41. The Kier molecular flexibility index (Phi) is 4.11. The van der Waals surface area contributed by atoms with Gasteiger partial charge in [-0.2, -0.15) is 0 Å². The Morgan fingerprint density at radius 2 is 1.47 bits per heavy atom. The van der Waals surface area contributed by atoms with Gasteiger partial charge < -0.3 is 5.11 Å². The van der Waals surface area contributed by atoms with Crippen molar-refractivity contribution in [1.82, 2.24) is 0 Å². The summed E-state index contributed by atoms with van der Waals surface area (Å²) in [4.78, 5) is 0. The van der Waals surface area contributed by atoms with E-state index in [1.54, 1.807) is 0 Å². The van der Waals surface area contributed by atoms with E-state index in [4.69, 9.17) is 0 Å². The van der Waals surface area contributed by atoms with E-state index in [0.717, 1.165) is 11.1 Å². The molecule has 0 radical (unpaired) electrons. The van der Waals surface area contributed by atoms with Crippen LogP contribution in [0.5, 0.6) is 0 Å². The Labute approximate surface area is 102 Å². The molecule has 0 aliphatic heterocycles. The molecule has 0 aliphatic rings. The second kappa shape index (κ2) is 6.02. The molecule has 0 fully saturated rings. The van der Waals surface area contributed by atoms with Crippen molar-refractivity contribution in [3.05, 3.63) is 77.9 Å². The van der Waals surface area contributed by atoms with Crippen LogP contribution < -0.4 is 0 Å². The van der Waals surface area contributed by atoms with Crippen LogP contribution in [-0.2, 0) is 0 Å². The summed E-state index contributed by atoms with van der Waals surface area (Å²) in [7, 11) is 0. The Morgan fingerprint density at radius 1 is 0.882 bits per heavy atom. The minimum Gasteiger partial charge on any atom is -0.395 e. The van der Waals surface area contributed by atoms with E-state index >= 15 is 0 Å². The lowest BCUT2D eigenvalue weighted by molar-refractivity contribution is 0.284. The molecule has 0 saturated heterocycles. The standard InChI is InChI=1S/C16H16O/c17-13-16(15-9-5-2-6-10-15)12-11-14-7-3-1-4-8-14/h1-12,16-17H,13H2/b12-11-. The Hall–Kier alpha value is -1.86. The largest absolute Gasteiger partial charge is 0.395 e. The highest BCUT2D eigenvalue weighted by Gasteiger charge is 2.04. The first-order valence-electron chi connectivity index (χ1n) is 5.79. The van der Waals surface area contributed by atoms with Crippen molar-refractivity contribution < 1.29 is 5.11 Å². The summed E-state index contributed by atoms with van der Waals surface area (Å²) in [5.41, 5.74) is 2.30. The number of hydrogen-bond donors (Lipinski definition) is 1. The zero-order valence-corrected chi connectivity index (χ0v) is 9.66. The van der Waals surface area contributed by atoms with Crippen molar-refractivity contribution in [1.29, 1.82) is 0 Å². The third kappa shape index (κ3) is 3.30. The van der Waals surface area contributed by atoms with E-state index < -0.39 is 0 Å².